The monoisotopic (exact) mass is 401 g/mol. The van der Waals surface area contributed by atoms with Crippen molar-refractivity contribution in [3.8, 4) is 0 Å². The van der Waals surface area contributed by atoms with Crippen LogP contribution in [0.15, 0.2) is 60.7 Å². The van der Waals surface area contributed by atoms with Gasteiger partial charge in [-0.15, -0.1) is 0 Å². The largest absolute Gasteiger partial charge is 0.378 e. The molecule has 4 atom stereocenters. The number of nitrogens with one attached hydrogen (secondary N) is 1. The first kappa shape index (κ1) is 18.6. The molecule has 2 aromatic rings. The Hall–Kier alpha value is -3.41. The second-order valence-corrected chi connectivity index (χ2v) is 8.46. The SMILES string of the molecule is CN(C)c1ccc(NC(=O)c2cccc(N3C(=O)[C@H]4[C@H](C3=O)[C@H]3C=C[C@H]4C3)c2)cc1. The van der Waals surface area contributed by atoms with Crippen LogP contribution in [0, 0.1) is 23.7 Å². The number of imide groups is 1. The summed E-state index contributed by atoms with van der Waals surface area (Å²) >= 11 is 0. The Morgan fingerprint density at radius 2 is 1.60 bits per heavy atom. The Balaban J connectivity index is 1.36. The van der Waals surface area contributed by atoms with Gasteiger partial charge in [-0.2, -0.15) is 0 Å². The summed E-state index contributed by atoms with van der Waals surface area (Å²) in [7, 11) is 3.91. The smallest absolute Gasteiger partial charge is 0.255 e. The maximum Gasteiger partial charge on any atom is 0.255 e. The minimum Gasteiger partial charge on any atom is -0.378 e. The number of benzene rings is 2. The summed E-state index contributed by atoms with van der Waals surface area (Å²) < 4.78 is 0. The van der Waals surface area contributed by atoms with Crippen molar-refractivity contribution in [3.63, 3.8) is 0 Å². The zero-order valence-electron chi connectivity index (χ0n) is 16.9. The highest BCUT2D eigenvalue weighted by molar-refractivity contribution is 6.23. The van der Waals surface area contributed by atoms with Crippen LogP contribution in [0.3, 0.4) is 0 Å². The Labute approximate surface area is 175 Å². The highest BCUT2D eigenvalue weighted by Gasteiger charge is 2.59. The number of amides is 3. The van der Waals surface area contributed by atoms with Gasteiger partial charge in [0.25, 0.3) is 5.91 Å². The van der Waals surface area contributed by atoms with E-state index in [2.05, 4.69) is 17.5 Å². The van der Waals surface area contributed by atoms with Crippen molar-refractivity contribution in [1.82, 2.24) is 0 Å². The second-order valence-electron chi connectivity index (χ2n) is 8.46. The first-order valence-corrected chi connectivity index (χ1v) is 10.2. The van der Waals surface area contributed by atoms with E-state index in [0.717, 1.165) is 12.1 Å². The van der Waals surface area contributed by atoms with Gasteiger partial charge in [-0.25, -0.2) is 4.90 Å². The quantitative estimate of drug-likeness (QED) is 0.630. The number of anilines is 3. The van der Waals surface area contributed by atoms with E-state index in [-0.39, 0.29) is 41.4 Å². The summed E-state index contributed by atoms with van der Waals surface area (Å²) in [5.74, 6) is -0.732. The van der Waals surface area contributed by atoms with Crippen LogP contribution >= 0.6 is 0 Å². The van der Waals surface area contributed by atoms with E-state index in [4.69, 9.17) is 0 Å². The normalized spacial score (nSPS) is 26.3. The number of fused-ring (bicyclic) bond motifs is 5. The molecule has 1 heterocycles. The van der Waals surface area contributed by atoms with E-state index in [1.165, 1.54) is 4.90 Å². The molecule has 0 spiro atoms. The summed E-state index contributed by atoms with van der Waals surface area (Å²) in [6, 6.07) is 14.3. The fraction of sp³-hybridized carbons (Fsp3) is 0.292. The number of carbonyl (C=O) groups is 3. The third-order valence-electron chi connectivity index (χ3n) is 6.48. The van der Waals surface area contributed by atoms with Crippen LogP contribution in [0.4, 0.5) is 17.1 Å². The van der Waals surface area contributed by atoms with E-state index < -0.39 is 0 Å². The fourth-order valence-electron chi connectivity index (χ4n) is 4.99. The van der Waals surface area contributed by atoms with Crippen LogP contribution in [0.25, 0.3) is 0 Å². The molecule has 3 aliphatic rings. The first-order chi connectivity index (χ1) is 14.4. The number of rotatable bonds is 4. The van der Waals surface area contributed by atoms with E-state index in [1.807, 2.05) is 43.3 Å². The highest BCUT2D eigenvalue weighted by atomic mass is 16.2. The summed E-state index contributed by atoms with van der Waals surface area (Å²) in [5.41, 5.74) is 2.59. The van der Waals surface area contributed by atoms with Crippen molar-refractivity contribution < 1.29 is 14.4 Å². The molecule has 6 nitrogen and oxygen atoms in total. The van der Waals surface area contributed by atoms with Gasteiger partial charge in [0.15, 0.2) is 0 Å². The first-order valence-electron chi connectivity index (χ1n) is 10.2. The van der Waals surface area contributed by atoms with Crippen LogP contribution < -0.4 is 15.1 Å². The van der Waals surface area contributed by atoms with Crippen molar-refractivity contribution in [2.75, 3.05) is 29.2 Å². The number of carbonyl (C=O) groups excluding carboxylic acids is 3. The summed E-state index contributed by atoms with van der Waals surface area (Å²) in [6.07, 6.45) is 5.05. The van der Waals surface area contributed by atoms with E-state index >= 15 is 0 Å². The lowest BCUT2D eigenvalue weighted by atomic mass is 9.85. The predicted octanol–water partition coefficient (Wildman–Crippen LogP) is 3.32. The van der Waals surface area contributed by atoms with Crippen LogP contribution in [0.2, 0.25) is 0 Å². The fourth-order valence-corrected chi connectivity index (χ4v) is 4.99. The van der Waals surface area contributed by atoms with Crippen molar-refractivity contribution in [3.05, 3.63) is 66.2 Å². The minimum atomic E-state index is -0.282. The van der Waals surface area contributed by atoms with Gasteiger partial charge in [-0.3, -0.25) is 14.4 Å². The average Bonchev–Trinajstić information content (AvgIpc) is 3.42. The zero-order valence-corrected chi connectivity index (χ0v) is 16.9. The van der Waals surface area contributed by atoms with Gasteiger partial charge in [-0.1, -0.05) is 18.2 Å². The van der Waals surface area contributed by atoms with Crippen LogP contribution in [0.1, 0.15) is 16.8 Å². The maximum atomic E-state index is 13.0. The molecule has 0 unspecified atom stereocenters. The maximum absolute atomic E-state index is 13.0. The summed E-state index contributed by atoms with van der Waals surface area (Å²) in [4.78, 5) is 42.0. The summed E-state index contributed by atoms with van der Waals surface area (Å²) in [5, 5.41) is 2.87. The molecule has 0 radical (unpaired) electrons. The molecule has 6 heteroatoms. The van der Waals surface area contributed by atoms with Crippen LogP contribution in [-0.2, 0) is 9.59 Å². The standard InChI is InChI=1S/C24H23N3O3/c1-26(2)18-10-8-17(9-11-18)25-22(28)16-4-3-5-19(13-16)27-23(29)20-14-6-7-15(12-14)21(20)24(27)30/h3-11,13-15,20-21H,12H2,1-2H3,(H,25,28)/t14-,15-,20+,21+/m0/s1. The van der Waals surface area contributed by atoms with Gasteiger partial charge in [0.1, 0.15) is 0 Å². The summed E-state index contributed by atoms with van der Waals surface area (Å²) in [6.45, 7) is 0. The molecule has 1 aliphatic heterocycles. The van der Waals surface area contributed by atoms with Crippen LogP contribution in [-0.4, -0.2) is 31.8 Å². The number of hydrogen-bond acceptors (Lipinski definition) is 4. The lowest BCUT2D eigenvalue weighted by Crippen LogP contribution is -2.33. The van der Waals surface area contributed by atoms with E-state index in [9.17, 15) is 14.4 Å². The third kappa shape index (κ3) is 2.83. The molecule has 1 saturated heterocycles. The molecule has 2 fully saturated rings. The molecule has 3 amide bonds. The van der Waals surface area contributed by atoms with Gasteiger partial charge in [0.05, 0.1) is 17.5 Å². The van der Waals surface area contributed by atoms with Crippen LogP contribution in [0.5, 0.6) is 0 Å². The molecule has 5 rings (SSSR count). The van der Waals surface area contributed by atoms with Gasteiger partial charge >= 0.3 is 0 Å². The molecule has 0 aromatic heterocycles. The van der Waals surface area contributed by atoms with Gasteiger partial charge < -0.3 is 10.2 Å². The van der Waals surface area contributed by atoms with Crippen molar-refractivity contribution in [2.45, 2.75) is 6.42 Å². The third-order valence-corrected chi connectivity index (χ3v) is 6.48. The lowest BCUT2D eigenvalue weighted by molar-refractivity contribution is -0.123. The second kappa shape index (κ2) is 6.83. The van der Waals surface area contributed by atoms with Gasteiger partial charge in [-0.05, 0) is 60.7 Å². The van der Waals surface area contributed by atoms with Crippen molar-refractivity contribution in [1.29, 1.82) is 0 Å². The number of hydrogen-bond donors (Lipinski definition) is 1. The Morgan fingerprint density at radius 3 is 2.20 bits per heavy atom. The van der Waals surface area contributed by atoms with Gasteiger partial charge in [0.2, 0.25) is 11.8 Å². The Bertz CT molecular complexity index is 1040. The molecule has 2 aromatic carbocycles. The molecular formula is C24H23N3O3. The van der Waals surface area contributed by atoms with E-state index in [0.29, 0.717) is 16.9 Å². The molecule has 1 N–H and O–H groups in total. The molecule has 2 aliphatic carbocycles. The van der Waals surface area contributed by atoms with Gasteiger partial charge in [0, 0.05) is 31.0 Å². The average molecular weight is 401 g/mol. The van der Waals surface area contributed by atoms with E-state index in [1.54, 1.807) is 24.3 Å². The van der Waals surface area contributed by atoms with Crippen molar-refractivity contribution in [2.24, 2.45) is 23.7 Å². The Morgan fingerprint density at radius 1 is 0.967 bits per heavy atom. The molecule has 30 heavy (non-hydrogen) atoms. The number of nitrogens with zero attached hydrogens (tertiary/aromatic N) is 2. The lowest BCUT2D eigenvalue weighted by Gasteiger charge is -2.18. The molecule has 1 saturated carbocycles. The zero-order chi connectivity index (χ0) is 21.0. The minimum absolute atomic E-state index is 0.140. The van der Waals surface area contributed by atoms with Crippen molar-refractivity contribution >= 4 is 34.8 Å². The highest BCUT2D eigenvalue weighted by Crippen LogP contribution is 2.53. The Kier molecular flexibility index (Phi) is 4.24. The molecule has 152 valence electrons. The molecule has 2 bridgehead atoms. The number of allylic oxidation sites excluding steroid dienone is 2. The predicted molar refractivity (Wildman–Crippen MR) is 115 cm³/mol. The topological polar surface area (TPSA) is 69.7 Å². The molecular weight excluding hydrogens is 378 g/mol.